The summed E-state index contributed by atoms with van der Waals surface area (Å²) in [5.74, 6) is -1.48. The average Bonchev–Trinajstić information content (AvgIpc) is 3.49. The zero-order valence-corrected chi connectivity index (χ0v) is 17.8. The number of esters is 1. The molecule has 1 saturated heterocycles. The maximum absolute atomic E-state index is 12.4. The van der Waals surface area contributed by atoms with Crippen molar-refractivity contribution in [1.29, 1.82) is 0 Å². The largest absolute Gasteiger partial charge is 0.459 e. The number of nitro groups is 1. The Hall–Kier alpha value is -3.17. The lowest BCUT2D eigenvalue weighted by Crippen LogP contribution is -2.43. The molecule has 1 heterocycles. The molecule has 1 aliphatic carbocycles. The van der Waals surface area contributed by atoms with Crippen LogP contribution in [0.15, 0.2) is 24.3 Å². The van der Waals surface area contributed by atoms with Gasteiger partial charge in [-0.25, -0.2) is 9.59 Å². The third kappa shape index (κ3) is 6.16. The first kappa shape index (κ1) is 22.5. The molecule has 10 heteroatoms. The van der Waals surface area contributed by atoms with Crippen LogP contribution in [0.5, 0.6) is 0 Å². The zero-order chi connectivity index (χ0) is 22.8. The van der Waals surface area contributed by atoms with E-state index in [-0.39, 0.29) is 18.6 Å². The van der Waals surface area contributed by atoms with Gasteiger partial charge in [-0.3, -0.25) is 14.9 Å². The van der Waals surface area contributed by atoms with Crippen molar-refractivity contribution >= 4 is 23.7 Å². The van der Waals surface area contributed by atoms with Crippen LogP contribution in [0.2, 0.25) is 0 Å². The highest BCUT2D eigenvalue weighted by atomic mass is 16.6. The van der Waals surface area contributed by atoms with Crippen LogP contribution < -0.4 is 5.32 Å². The molecular weight excluding hydrogens is 406 g/mol. The van der Waals surface area contributed by atoms with Gasteiger partial charge in [-0.1, -0.05) is 0 Å². The van der Waals surface area contributed by atoms with Crippen LogP contribution in [0.3, 0.4) is 0 Å². The molecule has 1 aliphatic heterocycles. The smallest absolute Gasteiger partial charge is 0.410 e. The Morgan fingerprint density at radius 1 is 1.13 bits per heavy atom. The fourth-order valence-corrected chi connectivity index (χ4v) is 3.32. The van der Waals surface area contributed by atoms with Crippen LogP contribution in [0.25, 0.3) is 0 Å². The number of hydrogen-bond acceptors (Lipinski definition) is 7. The maximum atomic E-state index is 12.4. The van der Waals surface area contributed by atoms with Crippen LogP contribution in [0.4, 0.5) is 10.5 Å². The Morgan fingerprint density at radius 2 is 1.74 bits per heavy atom. The van der Waals surface area contributed by atoms with E-state index in [1.165, 1.54) is 12.1 Å². The van der Waals surface area contributed by atoms with Crippen molar-refractivity contribution in [3.63, 3.8) is 0 Å². The summed E-state index contributed by atoms with van der Waals surface area (Å²) < 4.78 is 10.9. The van der Waals surface area contributed by atoms with Gasteiger partial charge in [0.25, 0.3) is 0 Å². The van der Waals surface area contributed by atoms with Gasteiger partial charge in [0, 0.05) is 43.0 Å². The number of amides is 2. The molecule has 31 heavy (non-hydrogen) atoms. The fourth-order valence-electron chi connectivity index (χ4n) is 3.32. The minimum absolute atomic E-state index is 0.246. The van der Waals surface area contributed by atoms with E-state index in [1.807, 2.05) is 20.8 Å². The Balaban J connectivity index is 1.44. The quantitative estimate of drug-likeness (QED) is 0.429. The molecule has 2 amide bonds. The summed E-state index contributed by atoms with van der Waals surface area (Å²) in [6.07, 6.45) is 0.636. The standard InChI is InChI=1S/C21H27N3O7/c1-21(2,3)31-20(27)23-10-8-15(9-11-23)30-19(26)13-4-6-14(7-5-13)22-18(25)16-12-17(16)24(28)29/h4-7,15-17H,8-12H2,1-3H3,(H,22,25). The lowest BCUT2D eigenvalue weighted by Gasteiger charge is -2.33. The molecule has 3 rings (SSSR count). The lowest BCUT2D eigenvalue weighted by atomic mass is 10.1. The highest BCUT2D eigenvalue weighted by molar-refractivity contribution is 5.95. The summed E-state index contributed by atoms with van der Waals surface area (Å²) in [6.45, 7) is 6.33. The van der Waals surface area contributed by atoms with Gasteiger partial charge in [0.15, 0.2) is 0 Å². The summed E-state index contributed by atoms with van der Waals surface area (Å²) in [4.78, 5) is 48.3. The predicted octanol–water partition coefficient (Wildman–Crippen LogP) is 2.85. The zero-order valence-electron chi connectivity index (χ0n) is 17.8. The Bertz CT molecular complexity index is 855. The van der Waals surface area contributed by atoms with Crippen molar-refractivity contribution < 1.29 is 28.8 Å². The first-order valence-corrected chi connectivity index (χ1v) is 10.3. The Kier molecular flexibility index (Phi) is 6.47. The van der Waals surface area contributed by atoms with Gasteiger partial charge in [0.1, 0.15) is 17.6 Å². The number of piperidine rings is 1. The number of likely N-dealkylation sites (tertiary alicyclic amines) is 1. The van der Waals surface area contributed by atoms with Crippen LogP contribution in [-0.4, -0.2) is 58.6 Å². The van der Waals surface area contributed by atoms with Crippen molar-refractivity contribution in [1.82, 2.24) is 4.90 Å². The highest BCUT2D eigenvalue weighted by Gasteiger charge is 2.53. The van der Waals surface area contributed by atoms with Crippen LogP contribution in [0, 0.1) is 16.0 Å². The van der Waals surface area contributed by atoms with E-state index in [4.69, 9.17) is 9.47 Å². The highest BCUT2D eigenvalue weighted by Crippen LogP contribution is 2.34. The summed E-state index contributed by atoms with van der Waals surface area (Å²) in [5, 5.41) is 13.3. The summed E-state index contributed by atoms with van der Waals surface area (Å²) >= 11 is 0. The number of carbonyl (C=O) groups is 3. The number of hydrogen-bond donors (Lipinski definition) is 1. The number of benzene rings is 1. The molecular formula is C21H27N3O7. The van der Waals surface area contributed by atoms with Crippen molar-refractivity contribution in [3.05, 3.63) is 39.9 Å². The molecule has 0 radical (unpaired) electrons. The summed E-state index contributed by atoms with van der Waals surface area (Å²) in [5.41, 5.74) is 0.238. The SMILES string of the molecule is CC(C)(C)OC(=O)N1CCC(OC(=O)c2ccc(NC(=O)C3CC3[N+](=O)[O-])cc2)CC1. The number of rotatable bonds is 5. The van der Waals surface area contributed by atoms with E-state index in [2.05, 4.69) is 5.32 Å². The van der Waals surface area contributed by atoms with Crippen molar-refractivity contribution in [2.75, 3.05) is 18.4 Å². The second-order valence-corrected chi connectivity index (χ2v) is 8.83. The van der Waals surface area contributed by atoms with Crippen LogP contribution in [0.1, 0.15) is 50.4 Å². The van der Waals surface area contributed by atoms with E-state index in [9.17, 15) is 24.5 Å². The van der Waals surface area contributed by atoms with Crippen molar-refractivity contribution in [3.8, 4) is 0 Å². The molecule has 10 nitrogen and oxygen atoms in total. The third-order valence-corrected chi connectivity index (χ3v) is 5.12. The number of ether oxygens (including phenoxy) is 2. The molecule has 0 aromatic heterocycles. The van der Waals surface area contributed by atoms with Gasteiger partial charge >= 0.3 is 12.1 Å². The normalized spacial score (nSPS) is 21.2. The van der Waals surface area contributed by atoms with Crippen LogP contribution in [-0.2, 0) is 14.3 Å². The molecule has 168 valence electrons. The molecule has 1 saturated carbocycles. The lowest BCUT2D eigenvalue weighted by molar-refractivity contribution is -0.497. The Labute approximate surface area is 180 Å². The van der Waals surface area contributed by atoms with E-state index < -0.39 is 34.4 Å². The van der Waals surface area contributed by atoms with Gasteiger partial charge in [0.05, 0.1) is 5.56 Å². The van der Waals surface area contributed by atoms with E-state index in [0.717, 1.165) is 0 Å². The first-order chi connectivity index (χ1) is 14.5. The molecule has 2 atom stereocenters. The van der Waals surface area contributed by atoms with E-state index in [1.54, 1.807) is 17.0 Å². The molecule has 2 unspecified atom stereocenters. The van der Waals surface area contributed by atoms with Crippen molar-refractivity contribution in [2.24, 2.45) is 5.92 Å². The molecule has 1 aromatic carbocycles. The number of anilines is 1. The monoisotopic (exact) mass is 433 g/mol. The molecule has 2 aliphatic rings. The summed E-state index contributed by atoms with van der Waals surface area (Å²) in [7, 11) is 0. The second-order valence-electron chi connectivity index (χ2n) is 8.83. The molecule has 2 fully saturated rings. The Morgan fingerprint density at radius 3 is 2.26 bits per heavy atom. The predicted molar refractivity (Wildman–Crippen MR) is 110 cm³/mol. The van der Waals surface area contributed by atoms with Gasteiger partial charge in [-0.2, -0.15) is 0 Å². The van der Waals surface area contributed by atoms with Gasteiger partial charge in [0.2, 0.25) is 11.9 Å². The number of nitrogens with zero attached hydrogens (tertiary/aromatic N) is 2. The molecule has 1 N–H and O–H groups in total. The van der Waals surface area contributed by atoms with E-state index >= 15 is 0 Å². The number of nitrogens with one attached hydrogen (secondary N) is 1. The third-order valence-electron chi connectivity index (χ3n) is 5.12. The molecule has 1 aromatic rings. The maximum Gasteiger partial charge on any atom is 0.410 e. The topological polar surface area (TPSA) is 128 Å². The number of carbonyl (C=O) groups excluding carboxylic acids is 3. The first-order valence-electron chi connectivity index (χ1n) is 10.3. The molecule has 0 spiro atoms. The average molecular weight is 433 g/mol. The second kappa shape index (κ2) is 8.91. The van der Waals surface area contributed by atoms with Gasteiger partial charge < -0.3 is 19.7 Å². The van der Waals surface area contributed by atoms with Crippen molar-refractivity contribution in [2.45, 2.75) is 57.8 Å². The van der Waals surface area contributed by atoms with Gasteiger partial charge in [-0.15, -0.1) is 0 Å². The minimum atomic E-state index is -0.809. The summed E-state index contributed by atoms with van der Waals surface area (Å²) in [6, 6.07) is 5.37. The minimum Gasteiger partial charge on any atom is -0.459 e. The van der Waals surface area contributed by atoms with Crippen LogP contribution >= 0.6 is 0 Å². The van der Waals surface area contributed by atoms with E-state index in [0.29, 0.717) is 37.2 Å². The fraction of sp³-hybridized carbons (Fsp3) is 0.571. The molecule has 0 bridgehead atoms. The van der Waals surface area contributed by atoms with Gasteiger partial charge in [-0.05, 0) is 45.0 Å².